The van der Waals surface area contributed by atoms with Gasteiger partial charge in [-0.15, -0.1) is 11.8 Å². The minimum Gasteiger partial charge on any atom is -0.298 e. The van der Waals surface area contributed by atoms with Crippen LogP contribution in [0.1, 0.15) is 6.92 Å². The minimum absolute atomic E-state index is 0.111. The molecule has 2 rings (SSSR count). The van der Waals surface area contributed by atoms with Gasteiger partial charge in [0.1, 0.15) is 5.25 Å². The van der Waals surface area contributed by atoms with Gasteiger partial charge in [-0.2, -0.15) is 0 Å². The van der Waals surface area contributed by atoms with Gasteiger partial charge in [0.25, 0.3) is 5.91 Å². The topological polar surface area (TPSA) is 37.4 Å². The van der Waals surface area contributed by atoms with Crippen molar-refractivity contribution in [2.24, 2.45) is 0 Å². The number of hydrogen-bond acceptors (Lipinski definition) is 3. The first kappa shape index (κ1) is 11.0. The summed E-state index contributed by atoms with van der Waals surface area (Å²) in [5.74, 6) is -0.286. The second kappa shape index (κ2) is 4.53. The number of carbonyl (C=O) groups is 2. The fraction of sp³-hybridized carbons (Fsp3) is 0.167. The number of para-hydroxylation sites is 1. The van der Waals surface area contributed by atoms with Crippen LogP contribution in [0, 0.1) is 0 Å². The predicted molar refractivity (Wildman–Crippen MR) is 65.1 cm³/mol. The molecule has 0 bridgehead atoms. The lowest BCUT2D eigenvalue weighted by atomic mass is 10.2. The van der Waals surface area contributed by atoms with E-state index in [1.165, 1.54) is 23.6 Å². The van der Waals surface area contributed by atoms with E-state index >= 15 is 0 Å². The number of amides is 1. The van der Waals surface area contributed by atoms with Crippen LogP contribution < -0.4 is 4.90 Å². The van der Waals surface area contributed by atoms with E-state index in [9.17, 15) is 9.59 Å². The van der Waals surface area contributed by atoms with Gasteiger partial charge in [0.05, 0.1) is 0 Å². The molecule has 82 valence electrons. The Hall–Kier alpha value is -1.55. The van der Waals surface area contributed by atoms with E-state index in [0.717, 1.165) is 5.69 Å². The Morgan fingerprint density at radius 2 is 2.00 bits per heavy atom. The Kier molecular flexibility index (Phi) is 3.10. The van der Waals surface area contributed by atoms with Crippen LogP contribution >= 0.6 is 11.8 Å². The van der Waals surface area contributed by atoms with Gasteiger partial charge in [0.15, 0.2) is 5.78 Å². The third-order valence-electron chi connectivity index (χ3n) is 2.29. The summed E-state index contributed by atoms with van der Waals surface area (Å²) >= 11 is 1.26. The number of thioether (sulfide) groups is 1. The smallest absolute Gasteiger partial charge is 0.252 e. The molecule has 4 heteroatoms. The zero-order chi connectivity index (χ0) is 11.5. The Morgan fingerprint density at radius 3 is 2.62 bits per heavy atom. The Balaban J connectivity index is 2.30. The molecule has 0 N–H and O–H groups in total. The lowest BCUT2D eigenvalue weighted by Gasteiger charge is -2.25. The Labute approximate surface area is 98.1 Å². The molecule has 1 aromatic carbocycles. The second-order valence-corrected chi connectivity index (χ2v) is 4.47. The molecule has 0 spiro atoms. The fourth-order valence-electron chi connectivity index (χ4n) is 1.50. The minimum atomic E-state index is -0.606. The molecule has 1 aromatic rings. The highest BCUT2D eigenvalue weighted by Crippen LogP contribution is 2.26. The molecule has 0 radical (unpaired) electrons. The molecule has 0 aromatic heterocycles. The van der Waals surface area contributed by atoms with E-state index in [1.54, 1.807) is 11.6 Å². The summed E-state index contributed by atoms with van der Waals surface area (Å²) in [7, 11) is 0. The third-order valence-corrected chi connectivity index (χ3v) is 3.37. The van der Waals surface area contributed by atoms with Crippen LogP contribution in [-0.4, -0.2) is 16.9 Å². The first-order valence-corrected chi connectivity index (χ1v) is 5.85. The van der Waals surface area contributed by atoms with Crippen molar-refractivity contribution in [1.82, 2.24) is 0 Å². The summed E-state index contributed by atoms with van der Waals surface area (Å²) < 4.78 is 0. The van der Waals surface area contributed by atoms with E-state index < -0.39 is 5.25 Å². The zero-order valence-corrected chi connectivity index (χ0v) is 9.61. The number of nitrogens with zero attached hydrogens (tertiary/aromatic N) is 1. The third kappa shape index (κ3) is 2.02. The van der Waals surface area contributed by atoms with Gasteiger partial charge in [0.2, 0.25) is 0 Å². The molecule has 1 heterocycles. The van der Waals surface area contributed by atoms with Crippen molar-refractivity contribution in [3.05, 3.63) is 41.9 Å². The quantitative estimate of drug-likeness (QED) is 0.735. The average molecular weight is 233 g/mol. The lowest BCUT2D eigenvalue weighted by Crippen LogP contribution is -2.39. The molecule has 3 nitrogen and oxygen atoms in total. The van der Waals surface area contributed by atoms with Crippen molar-refractivity contribution in [3.63, 3.8) is 0 Å². The maximum absolute atomic E-state index is 12.0. The first-order chi connectivity index (χ1) is 7.70. The molecule has 0 fully saturated rings. The van der Waals surface area contributed by atoms with E-state index in [-0.39, 0.29) is 11.7 Å². The molecule has 1 amide bonds. The van der Waals surface area contributed by atoms with Crippen molar-refractivity contribution >= 4 is 29.1 Å². The highest BCUT2D eigenvalue weighted by Gasteiger charge is 2.30. The number of hydrogen-bond donors (Lipinski definition) is 0. The number of anilines is 1. The van der Waals surface area contributed by atoms with Crippen LogP contribution in [0.15, 0.2) is 41.9 Å². The molecule has 0 saturated heterocycles. The Bertz CT molecular complexity index is 442. The first-order valence-electron chi connectivity index (χ1n) is 4.91. The molecular formula is C12H11NO2S. The largest absolute Gasteiger partial charge is 0.298 e. The number of Topliss-reactive ketones (excluding diaryl/α,β-unsaturated/α-hetero) is 1. The summed E-state index contributed by atoms with van der Waals surface area (Å²) in [6.07, 6.45) is 1.70. The maximum atomic E-state index is 12.0. The normalized spacial score (nSPS) is 19.9. The maximum Gasteiger partial charge on any atom is 0.252 e. The standard InChI is InChI=1S/C12H11NO2S/c1-9(14)11-12(15)13(7-8-16-11)10-5-3-2-4-6-10/h2-8,11H,1H3. The summed E-state index contributed by atoms with van der Waals surface area (Å²) in [6.45, 7) is 1.44. The monoisotopic (exact) mass is 233 g/mol. The predicted octanol–water partition coefficient (Wildman–Crippen LogP) is 2.20. The summed E-state index contributed by atoms with van der Waals surface area (Å²) in [6, 6.07) is 9.30. The molecule has 16 heavy (non-hydrogen) atoms. The number of carbonyl (C=O) groups excluding carboxylic acids is 2. The summed E-state index contributed by atoms with van der Waals surface area (Å²) in [4.78, 5) is 24.8. The van der Waals surface area contributed by atoms with Gasteiger partial charge >= 0.3 is 0 Å². The van der Waals surface area contributed by atoms with E-state index in [1.807, 2.05) is 30.3 Å². The van der Waals surface area contributed by atoms with Crippen LogP contribution in [0.5, 0.6) is 0 Å². The van der Waals surface area contributed by atoms with Crippen LogP contribution in [0.25, 0.3) is 0 Å². The van der Waals surface area contributed by atoms with Crippen molar-refractivity contribution in [2.75, 3.05) is 4.90 Å². The van der Waals surface area contributed by atoms with Gasteiger partial charge in [-0.3, -0.25) is 14.5 Å². The molecular weight excluding hydrogens is 222 g/mol. The average Bonchev–Trinajstić information content (AvgIpc) is 2.30. The highest BCUT2D eigenvalue weighted by molar-refractivity contribution is 8.04. The summed E-state index contributed by atoms with van der Waals surface area (Å²) in [5.41, 5.74) is 0.787. The van der Waals surface area contributed by atoms with E-state index in [0.29, 0.717) is 0 Å². The fourth-order valence-corrected chi connectivity index (χ4v) is 2.27. The van der Waals surface area contributed by atoms with Crippen molar-refractivity contribution in [1.29, 1.82) is 0 Å². The van der Waals surface area contributed by atoms with Gasteiger partial charge in [-0.05, 0) is 24.5 Å². The molecule has 1 unspecified atom stereocenters. The van der Waals surface area contributed by atoms with Crippen molar-refractivity contribution in [2.45, 2.75) is 12.2 Å². The SMILES string of the molecule is CC(=O)C1SC=CN(c2ccccc2)C1=O. The molecule has 0 saturated carbocycles. The van der Waals surface area contributed by atoms with Crippen molar-refractivity contribution in [3.8, 4) is 0 Å². The lowest BCUT2D eigenvalue weighted by molar-refractivity contribution is -0.124. The number of benzene rings is 1. The van der Waals surface area contributed by atoms with Crippen LogP contribution in [0.3, 0.4) is 0 Å². The molecule has 0 aliphatic carbocycles. The van der Waals surface area contributed by atoms with Crippen LogP contribution in [-0.2, 0) is 9.59 Å². The zero-order valence-electron chi connectivity index (χ0n) is 8.79. The van der Waals surface area contributed by atoms with Gasteiger partial charge < -0.3 is 0 Å². The van der Waals surface area contributed by atoms with Crippen LogP contribution in [0.4, 0.5) is 5.69 Å². The van der Waals surface area contributed by atoms with Gasteiger partial charge in [-0.25, -0.2) is 0 Å². The molecule has 1 atom stereocenters. The van der Waals surface area contributed by atoms with Gasteiger partial charge in [-0.1, -0.05) is 18.2 Å². The molecule has 1 aliphatic heterocycles. The van der Waals surface area contributed by atoms with E-state index in [2.05, 4.69) is 0 Å². The van der Waals surface area contributed by atoms with Crippen molar-refractivity contribution < 1.29 is 9.59 Å². The molecule has 1 aliphatic rings. The number of ketones is 1. The second-order valence-electron chi connectivity index (χ2n) is 3.46. The van der Waals surface area contributed by atoms with Crippen LogP contribution in [0.2, 0.25) is 0 Å². The van der Waals surface area contributed by atoms with Gasteiger partial charge in [0, 0.05) is 11.9 Å². The van der Waals surface area contributed by atoms with E-state index in [4.69, 9.17) is 0 Å². The highest BCUT2D eigenvalue weighted by atomic mass is 32.2. The summed E-state index contributed by atoms with van der Waals surface area (Å²) in [5, 5.41) is 1.17. The number of rotatable bonds is 2. The Morgan fingerprint density at radius 1 is 1.31 bits per heavy atom.